The average molecular weight is 429 g/mol. The molecule has 0 aliphatic carbocycles. The molecule has 0 amide bonds. The molecule has 5 heteroatoms. The van der Waals surface area contributed by atoms with Crippen LogP contribution in [0.3, 0.4) is 0 Å². The van der Waals surface area contributed by atoms with Gasteiger partial charge in [-0.15, -0.1) is 0 Å². The Hall–Kier alpha value is -0.880. The van der Waals surface area contributed by atoms with E-state index in [0.717, 1.165) is 25.8 Å². The Morgan fingerprint density at radius 3 is 2.36 bits per heavy atom. The predicted molar refractivity (Wildman–Crippen MR) is 96.1 cm³/mol. The number of nitrogens with one attached hydrogen (secondary N) is 1. The highest BCUT2D eigenvalue weighted by Crippen LogP contribution is 2.34. The van der Waals surface area contributed by atoms with E-state index in [1.165, 1.54) is 0 Å². The van der Waals surface area contributed by atoms with E-state index in [0.29, 0.717) is 19.7 Å². The van der Waals surface area contributed by atoms with Crippen LogP contribution in [0.15, 0.2) is 51.4 Å². The third kappa shape index (κ3) is 4.81. The van der Waals surface area contributed by atoms with Gasteiger partial charge in [-0.2, -0.15) is 0 Å². The van der Waals surface area contributed by atoms with E-state index in [1.54, 1.807) is 0 Å². The van der Waals surface area contributed by atoms with Gasteiger partial charge in [0.1, 0.15) is 5.75 Å². The molecule has 22 heavy (non-hydrogen) atoms. The summed E-state index contributed by atoms with van der Waals surface area (Å²) in [5.41, 5.74) is 2.03. The molecule has 0 fully saturated rings. The molecule has 0 saturated heterocycles. The first kappa shape index (κ1) is 17.5. The summed E-state index contributed by atoms with van der Waals surface area (Å²) in [6, 6.07) is 13.7. The summed E-state index contributed by atoms with van der Waals surface area (Å²) in [6.45, 7) is 3.76. The number of rotatable bonds is 7. The summed E-state index contributed by atoms with van der Waals surface area (Å²) in [4.78, 5) is 0. The number of hydrogen-bond acceptors (Lipinski definition) is 3. The van der Waals surface area contributed by atoms with Gasteiger partial charge in [0.15, 0.2) is 0 Å². The molecule has 0 saturated carbocycles. The number of ether oxygens (including phenoxy) is 1. The summed E-state index contributed by atoms with van der Waals surface area (Å²) in [6.07, 6.45) is -0.504. The van der Waals surface area contributed by atoms with Crippen molar-refractivity contribution in [2.45, 2.75) is 19.6 Å². The van der Waals surface area contributed by atoms with Crippen molar-refractivity contribution in [3.63, 3.8) is 0 Å². The highest BCUT2D eigenvalue weighted by Gasteiger charge is 2.10. The van der Waals surface area contributed by atoms with Gasteiger partial charge in [-0.3, -0.25) is 0 Å². The van der Waals surface area contributed by atoms with Gasteiger partial charge in [-0.05, 0) is 62.0 Å². The summed E-state index contributed by atoms with van der Waals surface area (Å²) in [5.74, 6) is 0.815. The lowest BCUT2D eigenvalue weighted by molar-refractivity contribution is 0.174. The fourth-order valence-electron chi connectivity index (χ4n) is 2.14. The van der Waals surface area contributed by atoms with E-state index in [-0.39, 0.29) is 0 Å². The zero-order chi connectivity index (χ0) is 15.9. The van der Waals surface area contributed by atoms with Gasteiger partial charge >= 0.3 is 0 Å². The molecule has 2 aromatic rings. The molecular weight excluding hydrogens is 410 g/mol. The second-order valence-electron chi connectivity index (χ2n) is 4.88. The fourth-order valence-corrected chi connectivity index (χ4v) is 3.65. The van der Waals surface area contributed by atoms with Crippen LogP contribution in [0.1, 0.15) is 24.2 Å². The molecule has 3 nitrogen and oxygen atoms in total. The van der Waals surface area contributed by atoms with Crippen molar-refractivity contribution in [1.82, 2.24) is 5.32 Å². The van der Waals surface area contributed by atoms with Crippen LogP contribution in [0, 0.1) is 0 Å². The van der Waals surface area contributed by atoms with Crippen molar-refractivity contribution in [2.24, 2.45) is 0 Å². The lowest BCUT2D eigenvalue weighted by Crippen LogP contribution is -2.21. The lowest BCUT2D eigenvalue weighted by Gasteiger charge is -2.14. The molecule has 0 heterocycles. The molecule has 0 bridgehead atoms. The number of benzene rings is 2. The number of halogens is 2. The van der Waals surface area contributed by atoms with Crippen LogP contribution in [-0.2, 0) is 6.54 Å². The van der Waals surface area contributed by atoms with Gasteiger partial charge in [0, 0.05) is 13.1 Å². The summed E-state index contributed by atoms with van der Waals surface area (Å²) in [7, 11) is 0. The largest absolute Gasteiger partial charge is 0.492 e. The smallest absolute Gasteiger partial charge is 0.147 e. The maximum Gasteiger partial charge on any atom is 0.147 e. The number of aliphatic hydroxyl groups is 1. The molecule has 0 aliphatic rings. The third-order valence-electron chi connectivity index (χ3n) is 3.20. The van der Waals surface area contributed by atoms with Crippen molar-refractivity contribution >= 4 is 31.9 Å². The van der Waals surface area contributed by atoms with E-state index < -0.39 is 6.10 Å². The van der Waals surface area contributed by atoms with Gasteiger partial charge in [0.25, 0.3) is 0 Å². The van der Waals surface area contributed by atoms with Gasteiger partial charge in [0.05, 0.1) is 21.7 Å². The Bertz CT molecular complexity index is 582. The van der Waals surface area contributed by atoms with E-state index in [4.69, 9.17) is 4.74 Å². The third-order valence-corrected chi connectivity index (χ3v) is 4.38. The fraction of sp³-hybridized carbons (Fsp3) is 0.294. The highest BCUT2D eigenvalue weighted by atomic mass is 79.9. The Morgan fingerprint density at radius 1 is 1.14 bits per heavy atom. The summed E-state index contributed by atoms with van der Waals surface area (Å²) >= 11 is 7.05. The minimum atomic E-state index is -0.504. The Morgan fingerprint density at radius 2 is 1.77 bits per heavy atom. The van der Waals surface area contributed by atoms with Crippen molar-refractivity contribution in [3.05, 3.63) is 62.5 Å². The summed E-state index contributed by atoms with van der Waals surface area (Å²) < 4.78 is 7.41. The molecule has 118 valence electrons. The first-order chi connectivity index (χ1) is 10.6. The second-order valence-corrected chi connectivity index (χ2v) is 6.59. The quantitative estimate of drug-likeness (QED) is 0.685. The van der Waals surface area contributed by atoms with E-state index in [2.05, 4.69) is 37.2 Å². The maximum absolute atomic E-state index is 10.1. The van der Waals surface area contributed by atoms with E-state index in [1.807, 2.05) is 49.4 Å². The minimum Gasteiger partial charge on any atom is -0.492 e. The van der Waals surface area contributed by atoms with Gasteiger partial charge in [-0.1, -0.05) is 30.3 Å². The van der Waals surface area contributed by atoms with E-state index >= 15 is 0 Å². The highest BCUT2D eigenvalue weighted by molar-refractivity contribution is 9.11. The van der Waals surface area contributed by atoms with Gasteiger partial charge < -0.3 is 15.2 Å². The standard InChI is InChI=1S/C17H19Br2NO2/c1-2-22-17-14(18)8-12(9-15(17)19)10-20-11-16(21)13-6-4-3-5-7-13/h3-9,16,20-21H,2,10-11H2,1H3. The molecular formula is C17H19Br2NO2. The van der Waals surface area contributed by atoms with E-state index in [9.17, 15) is 5.11 Å². The zero-order valence-corrected chi connectivity index (χ0v) is 15.5. The van der Waals surface area contributed by atoms with Crippen molar-refractivity contribution in [3.8, 4) is 5.75 Å². The minimum absolute atomic E-state index is 0.504. The Labute approximate surface area is 148 Å². The second kappa shape index (κ2) is 8.67. The maximum atomic E-state index is 10.1. The van der Waals surface area contributed by atoms with Gasteiger partial charge in [-0.25, -0.2) is 0 Å². The first-order valence-electron chi connectivity index (χ1n) is 7.16. The van der Waals surface area contributed by atoms with Crippen molar-refractivity contribution in [2.75, 3.05) is 13.2 Å². The van der Waals surface area contributed by atoms with Gasteiger partial charge in [0.2, 0.25) is 0 Å². The molecule has 2 N–H and O–H groups in total. The molecule has 2 rings (SSSR count). The molecule has 0 aromatic heterocycles. The monoisotopic (exact) mass is 427 g/mol. The number of aliphatic hydroxyl groups excluding tert-OH is 1. The van der Waals surface area contributed by atoms with Crippen molar-refractivity contribution < 1.29 is 9.84 Å². The normalized spacial score (nSPS) is 12.2. The summed E-state index contributed by atoms with van der Waals surface area (Å²) in [5, 5.41) is 13.4. The van der Waals surface area contributed by atoms with Crippen LogP contribution in [-0.4, -0.2) is 18.3 Å². The zero-order valence-electron chi connectivity index (χ0n) is 12.4. The molecule has 0 radical (unpaired) electrons. The Kier molecular flexibility index (Phi) is 6.89. The van der Waals surface area contributed by atoms with Crippen LogP contribution in [0.25, 0.3) is 0 Å². The van der Waals surface area contributed by atoms with Crippen LogP contribution >= 0.6 is 31.9 Å². The van der Waals surface area contributed by atoms with Crippen LogP contribution in [0.5, 0.6) is 5.75 Å². The number of hydrogen-bond donors (Lipinski definition) is 2. The predicted octanol–water partition coefficient (Wildman–Crippen LogP) is 4.43. The topological polar surface area (TPSA) is 41.5 Å². The van der Waals surface area contributed by atoms with Crippen LogP contribution in [0.4, 0.5) is 0 Å². The Balaban J connectivity index is 1.92. The first-order valence-corrected chi connectivity index (χ1v) is 8.75. The molecule has 1 unspecified atom stereocenters. The van der Waals surface area contributed by atoms with Crippen LogP contribution < -0.4 is 10.1 Å². The SMILES string of the molecule is CCOc1c(Br)cc(CNCC(O)c2ccccc2)cc1Br. The van der Waals surface area contributed by atoms with Crippen LogP contribution in [0.2, 0.25) is 0 Å². The molecule has 1 atom stereocenters. The molecule has 2 aromatic carbocycles. The molecule has 0 spiro atoms. The average Bonchev–Trinajstić information content (AvgIpc) is 2.51. The van der Waals surface area contributed by atoms with Crippen molar-refractivity contribution in [1.29, 1.82) is 0 Å². The molecule has 0 aliphatic heterocycles. The lowest BCUT2D eigenvalue weighted by atomic mass is 10.1.